The molecule has 0 aliphatic heterocycles. The van der Waals surface area contributed by atoms with E-state index in [-0.39, 0.29) is 0 Å². The van der Waals surface area contributed by atoms with Crippen LogP contribution in [0.5, 0.6) is 0 Å². The Morgan fingerprint density at radius 2 is 1.96 bits per heavy atom. The topological polar surface area (TPSA) is 77.1 Å². The molecule has 0 radical (unpaired) electrons. The van der Waals surface area contributed by atoms with Gasteiger partial charge in [0, 0.05) is 18.9 Å². The number of rotatable bonds is 2. The van der Waals surface area contributed by atoms with Crippen LogP contribution in [-0.2, 0) is 13.5 Å². The standard InChI is InChI=1S/C17H17N5O2/c1-4-11-7-5-6-8-12(11)22-10(2)9-21-13-14(18-16(21)22)20(3)17(24)19-15(13)23/h5-9H,4H2,1-3H3,(H,19,23,24). The van der Waals surface area contributed by atoms with Gasteiger partial charge in [-0.3, -0.25) is 23.3 Å². The second kappa shape index (κ2) is 4.95. The molecule has 0 saturated heterocycles. The van der Waals surface area contributed by atoms with Gasteiger partial charge in [-0.2, -0.15) is 4.98 Å². The fourth-order valence-corrected chi connectivity index (χ4v) is 3.20. The van der Waals surface area contributed by atoms with E-state index < -0.39 is 11.2 Å². The number of nitrogens with zero attached hydrogens (tertiary/aromatic N) is 4. The lowest BCUT2D eigenvalue weighted by Gasteiger charge is -2.10. The number of para-hydroxylation sites is 1. The summed E-state index contributed by atoms with van der Waals surface area (Å²) in [5.74, 6) is 0.620. The van der Waals surface area contributed by atoms with Crippen molar-refractivity contribution in [1.29, 1.82) is 0 Å². The fourth-order valence-electron chi connectivity index (χ4n) is 3.20. The predicted molar refractivity (Wildman–Crippen MR) is 92.0 cm³/mol. The van der Waals surface area contributed by atoms with Crippen LogP contribution in [0.4, 0.5) is 0 Å². The summed E-state index contributed by atoms with van der Waals surface area (Å²) in [7, 11) is 1.60. The minimum absolute atomic E-state index is 0.376. The van der Waals surface area contributed by atoms with Crippen molar-refractivity contribution in [2.24, 2.45) is 7.05 Å². The highest BCUT2D eigenvalue weighted by molar-refractivity contribution is 5.76. The molecule has 0 aliphatic carbocycles. The first-order valence-corrected chi connectivity index (χ1v) is 7.80. The van der Waals surface area contributed by atoms with Crippen LogP contribution < -0.4 is 11.2 Å². The molecule has 3 aromatic heterocycles. The van der Waals surface area contributed by atoms with Crippen LogP contribution in [0.1, 0.15) is 18.2 Å². The third-order valence-electron chi connectivity index (χ3n) is 4.41. The third-order valence-corrected chi connectivity index (χ3v) is 4.41. The van der Waals surface area contributed by atoms with Crippen LogP contribution in [0.3, 0.4) is 0 Å². The quantitative estimate of drug-likeness (QED) is 0.608. The fraction of sp³-hybridized carbons (Fsp3) is 0.235. The maximum absolute atomic E-state index is 12.3. The molecule has 1 N–H and O–H groups in total. The van der Waals surface area contributed by atoms with Crippen LogP contribution in [-0.4, -0.2) is 23.5 Å². The molecule has 1 aromatic carbocycles. The molecule has 0 amide bonds. The molecule has 0 atom stereocenters. The zero-order valence-corrected chi connectivity index (χ0v) is 13.7. The van der Waals surface area contributed by atoms with E-state index in [1.807, 2.05) is 35.9 Å². The Morgan fingerprint density at radius 3 is 2.71 bits per heavy atom. The minimum Gasteiger partial charge on any atom is -0.283 e. The normalized spacial score (nSPS) is 11.6. The summed E-state index contributed by atoms with van der Waals surface area (Å²) in [6.07, 6.45) is 2.76. The number of aryl methyl sites for hydroxylation is 3. The number of aromatic nitrogens is 5. The SMILES string of the molecule is CCc1ccccc1-n1c(C)cn2c3c(=O)[nH]c(=O)n(C)c3nc12. The van der Waals surface area contributed by atoms with Gasteiger partial charge in [0.2, 0.25) is 5.78 Å². The maximum atomic E-state index is 12.3. The maximum Gasteiger partial charge on any atom is 0.329 e. The summed E-state index contributed by atoms with van der Waals surface area (Å²) >= 11 is 0. The molecular weight excluding hydrogens is 306 g/mol. The monoisotopic (exact) mass is 323 g/mol. The van der Waals surface area contributed by atoms with Crippen molar-refractivity contribution in [1.82, 2.24) is 23.5 Å². The van der Waals surface area contributed by atoms with Crippen LogP contribution in [0.15, 0.2) is 40.1 Å². The molecule has 7 nitrogen and oxygen atoms in total. The van der Waals surface area contributed by atoms with E-state index in [1.165, 1.54) is 10.1 Å². The van der Waals surface area contributed by atoms with Gasteiger partial charge >= 0.3 is 5.69 Å². The number of nitrogens with one attached hydrogen (secondary N) is 1. The molecular formula is C17H17N5O2. The van der Waals surface area contributed by atoms with Gasteiger partial charge in [-0.15, -0.1) is 0 Å². The van der Waals surface area contributed by atoms with E-state index in [1.54, 1.807) is 11.4 Å². The van der Waals surface area contributed by atoms with Crippen LogP contribution in [0.2, 0.25) is 0 Å². The summed E-state index contributed by atoms with van der Waals surface area (Å²) in [4.78, 5) is 31.0. The van der Waals surface area contributed by atoms with Gasteiger partial charge in [-0.25, -0.2) is 4.79 Å². The first kappa shape index (κ1) is 14.5. The number of hydrogen-bond donors (Lipinski definition) is 1. The second-order valence-electron chi connectivity index (χ2n) is 5.86. The number of H-pyrrole nitrogens is 1. The van der Waals surface area contributed by atoms with Crippen molar-refractivity contribution in [2.45, 2.75) is 20.3 Å². The zero-order valence-electron chi connectivity index (χ0n) is 13.7. The Morgan fingerprint density at radius 1 is 1.21 bits per heavy atom. The average molecular weight is 323 g/mol. The van der Waals surface area contributed by atoms with E-state index in [4.69, 9.17) is 0 Å². The second-order valence-corrected chi connectivity index (χ2v) is 5.86. The highest BCUT2D eigenvalue weighted by Crippen LogP contribution is 2.23. The Hall–Kier alpha value is -3.09. The number of hydrogen-bond acceptors (Lipinski definition) is 3. The van der Waals surface area contributed by atoms with E-state index in [0.29, 0.717) is 16.9 Å². The molecule has 0 spiro atoms. The van der Waals surface area contributed by atoms with Gasteiger partial charge in [-0.1, -0.05) is 25.1 Å². The van der Waals surface area contributed by atoms with Gasteiger partial charge in [-0.05, 0) is 25.0 Å². The van der Waals surface area contributed by atoms with Crippen LogP contribution >= 0.6 is 0 Å². The molecule has 0 fully saturated rings. The van der Waals surface area contributed by atoms with Crippen molar-refractivity contribution in [3.05, 3.63) is 62.6 Å². The van der Waals surface area contributed by atoms with Crippen molar-refractivity contribution < 1.29 is 0 Å². The smallest absolute Gasteiger partial charge is 0.283 e. The van der Waals surface area contributed by atoms with Gasteiger partial charge in [0.1, 0.15) is 0 Å². The van der Waals surface area contributed by atoms with Crippen molar-refractivity contribution in [3.63, 3.8) is 0 Å². The molecule has 0 bridgehead atoms. The van der Waals surface area contributed by atoms with Crippen molar-refractivity contribution >= 4 is 16.9 Å². The Kier molecular flexibility index (Phi) is 2.99. The number of benzene rings is 1. The predicted octanol–water partition coefficient (Wildman–Crippen LogP) is 1.54. The van der Waals surface area contributed by atoms with Crippen molar-refractivity contribution in [3.8, 4) is 5.69 Å². The zero-order chi connectivity index (χ0) is 17.0. The molecule has 122 valence electrons. The number of imidazole rings is 2. The van der Waals surface area contributed by atoms with E-state index in [0.717, 1.165) is 17.8 Å². The summed E-state index contributed by atoms with van der Waals surface area (Å²) in [5, 5.41) is 0. The van der Waals surface area contributed by atoms with Gasteiger partial charge in [0.25, 0.3) is 5.56 Å². The van der Waals surface area contributed by atoms with E-state index in [2.05, 4.69) is 23.0 Å². The average Bonchev–Trinajstić information content (AvgIpc) is 3.07. The molecule has 7 heteroatoms. The van der Waals surface area contributed by atoms with Crippen LogP contribution in [0, 0.1) is 6.92 Å². The molecule has 4 rings (SSSR count). The number of fused-ring (bicyclic) bond motifs is 3. The molecule has 3 heterocycles. The third kappa shape index (κ3) is 1.81. The molecule has 24 heavy (non-hydrogen) atoms. The summed E-state index contributed by atoms with van der Waals surface area (Å²) < 4.78 is 5.12. The molecule has 0 saturated carbocycles. The first-order valence-electron chi connectivity index (χ1n) is 7.80. The van der Waals surface area contributed by atoms with Crippen molar-refractivity contribution in [2.75, 3.05) is 0 Å². The molecule has 0 aliphatic rings. The molecule has 0 unspecified atom stereocenters. The summed E-state index contributed by atoms with van der Waals surface area (Å²) in [5.41, 5.74) is 3.04. The minimum atomic E-state index is -0.467. The van der Waals surface area contributed by atoms with E-state index in [9.17, 15) is 9.59 Å². The lowest BCUT2D eigenvalue weighted by Crippen LogP contribution is -2.28. The highest BCUT2D eigenvalue weighted by atomic mass is 16.2. The van der Waals surface area contributed by atoms with Gasteiger partial charge < -0.3 is 0 Å². The van der Waals surface area contributed by atoms with Crippen LogP contribution in [0.25, 0.3) is 22.6 Å². The summed E-state index contributed by atoms with van der Waals surface area (Å²) in [6, 6.07) is 8.11. The molecule has 4 aromatic rings. The lowest BCUT2D eigenvalue weighted by molar-refractivity contribution is 0.831. The lowest BCUT2D eigenvalue weighted by atomic mass is 10.1. The number of aromatic amines is 1. The van der Waals surface area contributed by atoms with E-state index >= 15 is 0 Å². The Balaban J connectivity index is 2.19. The Bertz CT molecular complexity index is 1210. The van der Waals surface area contributed by atoms with Gasteiger partial charge in [0.05, 0.1) is 5.69 Å². The first-order chi connectivity index (χ1) is 11.5. The van der Waals surface area contributed by atoms with Gasteiger partial charge in [0.15, 0.2) is 11.2 Å². The highest BCUT2D eigenvalue weighted by Gasteiger charge is 2.18. The Labute approximate surface area is 136 Å². The summed E-state index contributed by atoms with van der Waals surface area (Å²) in [6.45, 7) is 4.08. The largest absolute Gasteiger partial charge is 0.329 e.